The molecule has 0 unspecified atom stereocenters. The summed E-state index contributed by atoms with van der Waals surface area (Å²) >= 11 is 0. The van der Waals surface area contributed by atoms with E-state index in [1.54, 1.807) is 36.8 Å². The molecule has 0 bridgehead atoms. The Bertz CT molecular complexity index is 1440. The van der Waals surface area contributed by atoms with Crippen molar-refractivity contribution >= 4 is 21.5 Å². The van der Waals surface area contributed by atoms with Gasteiger partial charge in [-0.1, -0.05) is 60.7 Å². The molecule has 0 spiro atoms. The topological polar surface area (TPSA) is 90.3 Å². The number of carbonyl (C=O) groups excluding carboxylic acids is 1. The molecule has 1 aliphatic carbocycles. The monoisotopic (exact) mass is 501 g/mol. The molecule has 0 saturated carbocycles. The summed E-state index contributed by atoms with van der Waals surface area (Å²) in [6.07, 6.45) is 6.59. The maximum Gasteiger partial charge on any atom is 0.237 e. The number of ether oxygens (including phenoxy) is 1. The first-order valence-electron chi connectivity index (χ1n) is 11.9. The molecule has 36 heavy (non-hydrogen) atoms. The zero-order valence-corrected chi connectivity index (χ0v) is 20.5. The number of imidazole rings is 1. The Morgan fingerprint density at radius 3 is 2.44 bits per heavy atom. The Hall–Kier alpha value is -3.91. The number of benzene rings is 3. The Kier molecular flexibility index (Phi) is 6.86. The molecule has 0 radical (unpaired) electrons. The highest BCUT2D eigenvalue weighted by atomic mass is 32.2. The molecule has 1 atom stereocenters. The molecule has 1 aliphatic rings. The standard InChI is InChI=1S/C28H27N3O4S/c32-25-13-7-12-24-23(25)14-15-26(28(24)30-36(33,34)19-21-8-3-1-4-9-21)35-27(18-31-17-16-29-20-31)22-10-5-2-6-11-22/h1-6,8-11,14-17,20,27,30H,7,12-13,18-19H2/t27-/m1/s1. The lowest BCUT2D eigenvalue weighted by Gasteiger charge is -2.26. The van der Waals surface area contributed by atoms with Gasteiger partial charge in [0.2, 0.25) is 10.0 Å². The number of rotatable bonds is 9. The van der Waals surface area contributed by atoms with Gasteiger partial charge in [-0.05, 0) is 41.7 Å². The molecule has 0 saturated heterocycles. The van der Waals surface area contributed by atoms with Crippen molar-refractivity contribution < 1.29 is 17.9 Å². The van der Waals surface area contributed by atoms with Crippen LogP contribution in [0.4, 0.5) is 5.69 Å². The van der Waals surface area contributed by atoms with Gasteiger partial charge < -0.3 is 9.30 Å². The van der Waals surface area contributed by atoms with Crippen LogP contribution in [0.2, 0.25) is 0 Å². The number of fused-ring (bicyclic) bond motifs is 1. The van der Waals surface area contributed by atoms with Gasteiger partial charge in [0.25, 0.3) is 0 Å². The predicted molar refractivity (Wildman–Crippen MR) is 138 cm³/mol. The van der Waals surface area contributed by atoms with Crippen molar-refractivity contribution in [1.29, 1.82) is 0 Å². The van der Waals surface area contributed by atoms with Crippen LogP contribution in [0.15, 0.2) is 91.5 Å². The first kappa shape index (κ1) is 23.8. The maximum absolute atomic E-state index is 13.2. The molecular formula is C28H27N3O4S. The lowest BCUT2D eigenvalue weighted by Crippen LogP contribution is -2.21. The van der Waals surface area contributed by atoms with Crippen LogP contribution >= 0.6 is 0 Å². The normalized spacial score (nSPS) is 14.2. The summed E-state index contributed by atoms with van der Waals surface area (Å²) in [5, 5.41) is 0. The summed E-state index contributed by atoms with van der Waals surface area (Å²) in [7, 11) is -3.77. The van der Waals surface area contributed by atoms with Crippen LogP contribution in [-0.4, -0.2) is 23.8 Å². The van der Waals surface area contributed by atoms with Crippen LogP contribution in [0.1, 0.15) is 46.0 Å². The maximum atomic E-state index is 13.2. The van der Waals surface area contributed by atoms with Gasteiger partial charge in [0.15, 0.2) is 5.78 Å². The van der Waals surface area contributed by atoms with Crippen LogP contribution in [0, 0.1) is 0 Å². The first-order valence-corrected chi connectivity index (χ1v) is 13.5. The van der Waals surface area contributed by atoms with Crippen molar-refractivity contribution in [1.82, 2.24) is 9.55 Å². The molecule has 184 valence electrons. The van der Waals surface area contributed by atoms with Crippen molar-refractivity contribution in [3.05, 3.63) is 114 Å². The van der Waals surface area contributed by atoms with Gasteiger partial charge in [0.05, 0.1) is 24.3 Å². The minimum absolute atomic E-state index is 0.0179. The quantitative estimate of drug-likeness (QED) is 0.342. The smallest absolute Gasteiger partial charge is 0.237 e. The van der Waals surface area contributed by atoms with Crippen LogP contribution in [-0.2, 0) is 28.7 Å². The number of ketones is 1. The zero-order valence-electron chi connectivity index (χ0n) is 19.7. The fourth-order valence-corrected chi connectivity index (χ4v) is 5.76. The molecule has 0 aliphatic heterocycles. The number of anilines is 1. The minimum Gasteiger partial charge on any atom is -0.482 e. The average molecular weight is 502 g/mol. The third-order valence-electron chi connectivity index (χ3n) is 6.24. The molecule has 1 heterocycles. The first-order chi connectivity index (χ1) is 17.5. The van der Waals surface area contributed by atoms with E-state index in [1.165, 1.54) is 0 Å². The van der Waals surface area contributed by atoms with Gasteiger partial charge >= 0.3 is 0 Å². The second-order valence-corrected chi connectivity index (χ2v) is 10.6. The van der Waals surface area contributed by atoms with E-state index in [-0.39, 0.29) is 11.5 Å². The van der Waals surface area contributed by atoms with Crippen LogP contribution in [0.3, 0.4) is 0 Å². The van der Waals surface area contributed by atoms with E-state index < -0.39 is 16.1 Å². The molecule has 0 amide bonds. The highest BCUT2D eigenvalue weighted by Crippen LogP contribution is 2.39. The van der Waals surface area contributed by atoms with Crippen molar-refractivity contribution in [2.75, 3.05) is 4.72 Å². The third-order valence-corrected chi connectivity index (χ3v) is 7.47. The highest BCUT2D eigenvalue weighted by molar-refractivity contribution is 7.91. The van der Waals surface area contributed by atoms with E-state index in [9.17, 15) is 13.2 Å². The summed E-state index contributed by atoms with van der Waals surface area (Å²) in [6.45, 7) is 0.482. The molecule has 5 rings (SSSR count). The molecule has 3 aromatic carbocycles. The summed E-state index contributed by atoms with van der Waals surface area (Å²) < 4.78 is 37.7. The summed E-state index contributed by atoms with van der Waals surface area (Å²) in [4.78, 5) is 16.8. The van der Waals surface area contributed by atoms with E-state index in [0.717, 1.165) is 5.56 Å². The number of aromatic nitrogens is 2. The van der Waals surface area contributed by atoms with E-state index >= 15 is 0 Å². The lowest BCUT2D eigenvalue weighted by molar-refractivity contribution is 0.0972. The Balaban J connectivity index is 1.53. The second-order valence-electron chi connectivity index (χ2n) is 8.86. The summed E-state index contributed by atoms with van der Waals surface area (Å²) in [5.74, 6) is 0.237. The van der Waals surface area contributed by atoms with Crippen molar-refractivity contribution in [2.45, 2.75) is 37.7 Å². The van der Waals surface area contributed by atoms with Crippen LogP contribution < -0.4 is 9.46 Å². The van der Waals surface area contributed by atoms with Gasteiger partial charge in [-0.2, -0.15) is 0 Å². The largest absolute Gasteiger partial charge is 0.482 e. The van der Waals surface area contributed by atoms with Crippen molar-refractivity contribution in [2.24, 2.45) is 0 Å². The minimum atomic E-state index is -3.77. The number of hydrogen-bond donors (Lipinski definition) is 1. The van der Waals surface area contributed by atoms with Crippen LogP contribution in [0.5, 0.6) is 5.75 Å². The van der Waals surface area contributed by atoms with Gasteiger partial charge in [-0.15, -0.1) is 0 Å². The Labute approximate surface area is 210 Å². The number of sulfonamides is 1. The number of Topliss-reactive ketones (excluding diaryl/α,β-unsaturated/α-hetero) is 1. The van der Waals surface area contributed by atoms with E-state index in [2.05, 4.69) is 9.71 Å². The molecule has 7 nitrogen and oxygen atoms in total. The van der Waals surface area contributed by atoms with Crippen molar-refractivity contribution in [3.63, 3.8) is 0 Å². The van der Waals surface area contributed by atoms with Gasteiger partial charge in [0.1, 0.15) is 11.9 Å². The zero-order chi connectivity index (χ0) is 25.0. The van der Waals surface area contributed by atoms with Gasteiger partial charge in [-0.3, -0.25) is 9.52 Å². The van der Waals surface area contributed by atoms with E-state index in [4.69, 9.17) is 4.74 Å². The van der Waals surface area contributed by atoms with E-state index in [0.29, 0.717) is 53.9 Å². The lowest BCUT2D eigenvalue weighted by atomic mass is 9.89. The SMILES string of the molecule is O=C1CCCc2c1ccc(O[C@H](Cn1ccnc1)c1ccccc1)c2NS(=O)(=O)Cc1ccccc1. The Morgan fingerprint density at radius 1 is 0.972 bits per heavy atom. The molecule has 1 N–H and O–H groups in total. The number of nitrogens with zero attached hydrogens (tertiary/aromatic N) is 2. The highest BCUT2D eigenvalue weighted by Gasteiger charge is 2.27. The summed E-state index contributed by atoms with van der Waals surface area (Å²) in [6, 6.07) is 22.2. The van der Waals surface area contributed by atoms with Crippen LogP contribution in [0.25, 0.3) is 0 Å². The molecule has 1 aromatic heterocycles. The van der Waals surface area contributed by atoms with Crippen molar-refractivity contribution in [3.8, 4) is 5.75 Å². The third kappa shape index (κ3) is 5.49. The second kappa shape index (κ2) is 10.4. The molecule has 8 heteroatoms. The molecule has 4 aromatic rings. The Morgan fingerprint density at radius 2 is 1.72 bits per heavy atom. The molecular weight excluding hydrogens is 474 g/mol. The number of nitrogens with one attached hydrogen (secondary N) is 1. The predicted octanol–water partition coefficient (Wildman–Crippen LogP) is 5.16. The number of hydrogen-bond acceptors (Lipinski definition) is 5. The van der Waals surface area contributed by atoms with Gasteiger partial charge in [0, 0.05) is 24.4 Å². The van der Waals surface area contributed by atoms with Gasteiger partial charge in [-0.25, -0.2) is 13.4 Å². The average Bonchev–Trinajstić information content (AvgIpc) is 3.39. The number of carbonyl (C=O) groups is 1. The fraction of sp³-hybridized carbons (Fsp3) is 0.214. The molecule has 0 fully saturated rings. The fourth-order valence-electron chi connectivity index (χ4n) is 4.52. The van der Waals surface area contributed by atoms with E-state index in [1.807, 2.05) is 59.3 Å². The summed E-state index contributed by atoms with van der Waals surface area (Å²) in [5.41, 5.74) is 3.21.